The Hall–Kier alpha value is -1.87. The standard InChI is InChI=1S/C17H20N2O/c1-3-18-10-12(2)11-19-15-9-5-7-13-6-4-8-14(16(13)15)17(19)20/h4-9,12,18H,3,10-11H2,1-2H3. The summed E-state index contributed by atoms with van der Waals surface area (Å²) in [4.78, 5) is 14.5. The van der Waals surface area contributed by atoms with Gasteiger partial charge in [0, 0.05) is 17.5 Å². The molecule has 0 aliphatic carbocycles. The van der Waals surface area contributed by atoms with Crippen LogP contribution in [0.4, 0.5) is 5.69 Å². The average Bonchev–Trinajstić information content (AvgIpc) is 2.73. The Morgan fingerprint density at radius 2 is 1.95 bits per heavy atom. The molecule has 0 bridgehead atoms. The second-order valence-corrected chi connectivity index (χ2v) is 5.51. The number of benzene rings is 2. The Morgan fingerprint density at radius 1 is 1.20 bits per heavy atom. The summed E-state index contributed by atoms with van der Waals surface area (Å²) in [5.41, 5.74) is 1.90. The van der Waals surface area contributed by atoms with Crippen LogP contribution in [0.1, 0.15) is 24.2 Å². The minimum absolute atomic E-state index is 0.139. The molecule has 1 atom stereocenters. The molecule has 0 saturated heterocycles. The van der Waals surface area contributed by atoms with Crippen molar-refractivity contribution in [3.8, 4) is 0 Å². The summed E-state index contributed by atoms with van der Waals surface area (Å²) in [7, 11) is 0. The second-order valence-electron chi connectivity index (χ2n) is 5.51. The van der Waals surface area contributed by atoms with E-state index in [9.17, 15) is 4.79 Å². The van der Waals surface area contributed by atoms with E-state index in [2.05, 4.69) is 37.4 Å². The summed E-state index contributed by atoms with van der Waals surface area (Å²) in [6.45, 7) is 6.95. The molecule has 1 amide bonds. The van der Waals surface area contributed by atoms with Gasteiger partial charge in [0.2, 0.25) is 0 Å². The number of amides is 1. The van der Waals surface area contributed by atoms with Crippen LogP contribution in [0.15, 0.2) is 36.4 Å². The molecular weight excluding hydrogens is 248 g/mol. The summed E-state index contributed by atoms with van der Waals surface area (Å²) in [5, 5.41) is 5.60. The minimum Gasteiger partial charge on any atom is -0.317 e. The predicted molar refractivity (Wildman–Crippen MR) is 83.3 cm³/mol. The number of hydrogen-bond donors (Lipinski definition) is 1. The Morgan fingerprint density at radius 3 is 2.70 bits per heavy atom. The number of rotatable bonds is 5. The first-order valence-electron chi connectivity index (χ1n) is 7.26. The molecule has 1 aliphatic heterocycles. The molecule has 3 nitrogen and oxygen atoms in total. The number of hydrogen-bond acceptors (Lipinski definition) is 2. The normalized spacial score (nSPS) is 15.1. The minimum atomic E-state index is 0.139. The van der Waals surface area contributed by atoms with E-state index >= 15 is 0 Å². The van der Waals surface area contributed by atoms with E-state index in [-0.39, 0.29) is 5.91 Å². The largest absolute Gasteiger partial charge is 0.317 e. The predicted octanol–water partition coefficient (Wildman–Crippen LogP) is 3.05. The maximum absolute atomic E-state index is 12.6. The lowest BCUT2D eigenvalue weighted by Gasteiger charge is -2.22. The molecule has 2 aromatic rings. The van der Waals surface area contributed by atoms with Gasteiger partial charge in [0.05, 0.1) is 5.69 Å². The Balaban J connectivity index is 1.93. The fraction of sp³-hybridized carbons (Fsp3) is 0.353. The quantitative estimate of drug-likeness (QED) is 0.904. The first kappa shape index (κ1) is 13.1. The van der Waals surface area contributed by atoms with E-state index in [1.807, 2.05) is 23.1 Å². The summed E-state index contributed by atoms with van der Waals surface area (Å²) in [5.74, 6) is 0.573. The summed E-state index contributed by atoms with van der Waals surface area (Å²) < 4.78 is 0. The van der Waals surface area contributed by atoms with Crippen molar-refractivity contribution in [1.82, 2.24) is 5.32 Å². The van der Waals surface area contributed by atoms with E-state index < -0.39 is 0 Å². The smallest absolute Gasteiger partial charge is 0.259 e. The van der Waals surface area contributed by atoms with Crippen molar-refractivity contribution in [1.29, 1.82) is 0 Å². The van der Waals surface area contributed by atoms with Gasteiger partial charge in [-0.05, 0) is 36.5 Å². The lowest BCUT2D eigenvalue weighted by atomic mass is 10.1. The third kappa shape index (κ3) is 2.08. The van der Waals surface area contributed by atoms with Crippen LogP contribution in [0.25, 0.3) is 10.8 Å². The van der Waals surface area contributed by atoms with Gasteiger partial charge in [-0.1, -0.05) is 38.1 Å². The maximum atomic E-state index is 12.6. The molecule has 1 unspecified atom stereocenters. The highest BCUT2D eigenvalue weighted by Crippen LogP contribution is 2.37. The fourth-order valence-electron chi connectivity index (χ4n) is 2.93. The summed E-state index contributed by atoms with van der Waals surface area (Å²) >= 11 is 0. The molecular formula is C17H20N2O. The Kier molecular flexibility index (Phi) is 3.45. The monoisotopic (exact) mass is 268 g/mol. The van der Waals surface area contributed by atoms with Gasteiger partial charge >= 0.3 is 0 Å². The van der Waals surface area contributed by atoms with Crippen molar-refractivity contribution in [2.45, 2.75) is 13.8 Å². The van der Waals surface area contributed by atoms with Crippen molar-refractivity contribution < 1.29 is 4.79 Å². The van der Waals surface area contributed by atoms with Gasteiger partial charge in [-0.3, -0.25) is 4.79 Å². The van der Waals surface area contributed by atoms with Crippen molar-refractivity contribution in [3.63, 3.8) is 0 Å². The first-order valence-corrected chi connectivity index (χ1v) is 7.26. The zero-order chi connectivity index (χ0) is 14.1. The molecule has 3 heteroatoms. The molecule has 0 spiro atoms. The third-order valence-corrected chi connectivity index (χ3v) is 3.89. The summed E-state index contributed by atoms with van der Waals surface area (Å²) in [6, 6.07) is 12.1. The number of nitrogens with one attached hydrogen (secondary N) is 1. The fourth-order valence-corrected chi connectivity index (χ4v) is 2.93. The van der Waals surface area contributed by atoms with Crippen LogP contribution in [0, 0.1) is 5.92 Å². The molecule has 104 valence electrons. The van der Waals surface area contributed by atoms with Crippen molar-refractivity contribution >= 4 is 22.4 Å². The molecule has 0 radical (unpaired) electrons. The molecule has 20 heavy (non-hydrogen) atoms. The van der Waals surface area contributed by atoms with E-state index in [0.717, 1.165) is 41.7 Å². The van der Waals surface area contributed by atoms with Crippen molar-refractivity contribution in [3.05, 3.63) is 42.0 Å². The lowest BCUT2D eigenvalue weighted by molar-refractivity contribution is 0.0989. The Bertz CT molecular complexity index is 645. The van der Waals surface area contributed by atoms with Crippen molar-refractivity contribution in [2.24, 2.45) is 5.92 Å². The summed E-state index contributed by atoms with van der Waals surface area (Å²) in [6.07, 6.45) is 0. The van der Waals surface area contributed by atoms with E-state index in [1.165, 1.54) is 0 Å². The highest BCUT2D eigenvalue weighted by molar-refractivity contribution is 6.24. The number of carbonyl (C=O) groups is 1. The van der Waals surface area contributed by atoms with Crippen LogP contribution in [0.3, 0.4) is 0 Å². The SMILES string of the molecule is CCNCC(C)CN1C(=O)c2cccc3cccc1c23. The van der Waals surface area contributed by atoms with Crippen LogP contribution >= 0.6 is 0 Å². The van der Waals surface area contributed by atoms with Crippen LogP contribution in [-0.2, 0) is 0 Å². The van der Waals surface area contributed by atoms with Gasteiger partial charge in [-0.15, -0.1) is 0 Å². The highest BCUT2D eigenvalue weighted by atomic mass is 16.2. The molecule has 0 aromatic heterocycles. The third-order valence-electron chi connectivity index (χ3n) is 3.89. The van der Waals surface area contributed by atoms with Crippen LogP contribution < -0.4 is 10.2 Å². The lowest BCUT2D eigenvalue weighted by Crippen LogP contribution is -2.35. The van der Waals surface area contributed by atoms with Gasteiger partial charge in [0.25, 0.3) is 5.91 Å². The van der Waals surface area contributed by atoms with E-state index in [0.29, 0.717) is 5.92 Å². The van der Waals surface area contributed by atoms with Gasteiger partial charge in [0.1, 0.15) is 0 Å². The number of nitrogens with zero attached hydrogens (tertiary/aromatic N) is 1. The van der Waals surface area contributed by atoms with E-state index in [1.54, 1.807) is 0 Å². The molecule has 0 fully saturated rings. The van der Waals surface area contributed by atoms with Crippen LogP contribution in [0.5, 0.6) is 0 Å². The molecule has 1 N–H and O–H groups in total. The van der Waals surface area contributed by atoms with Gasteiger partial charge < -0.3 is 10.2 Å². The van der Waals surface area contributed by atoms with Gasteiger partial charge in [-0.25, -0.2) is 0 Å². The van der Waals surface area contributed by atoms with E-state index in [4.69, 9.17) is 0 Å². The van der Waals surface area contributed by atoms with Gasteiger partial charge in [0.15, 0.2) is 0 Å². The Labute approximate surface area is 119 Å². The van der Waals surface area contributed by atoms with Crippen LogP contribution in [-0.4, -0.2) is 25.5 Å². The second kappa shape index (κ2) is 5.25. The molecule has 1 aliphatic rings. The average molecular weight is 268 g/mol. The molecule has 1 heterocycles. The highest BCUT2D eigenvalue weighted by Gasteiger charge is 2.30. The maximum Gasteiger partial charge on any atom is 0.259 e. The van der Waals surface area contributed by atoms with Crippen molar-refractivity contribution in [2.75, 3.05) is 24.5 Å². The first-order chi connectivity index (χ1) is 9.72. The number of anilines is 1. The zero-order valence-corrected chi connectivity index (χ0v) is 12.0. The zero-order valence-electron chi connectivity index (χ0n) is 12.0. The molecule has 3 rings (SSSR count). The van der Waals surface area contributed by atoms with Crippen LogP contribution in [0.2, 0.25) is 0 Å². The number of carbonyl (C=O) groups excluding carboxylic acids is 1. The molecule has 0 saturated carbocycles. The molecule has 2 aromatic carbocycles. The van der Waals surface area contributed by atoms with Gasteiger partial charge in [-0.2, -0.15) is 0 Å². The topological polar surface area (TPSA) is 32.3 Å².